The van der Waals surface area contributed by atoms with Gasteiger partial charge >= 0.3 is 0 Å². The van der Waals surface area contributed by atoms with Crippen molar-refractivity contribution >= 4 is 62.5 Å². The van der Waals surface area contributed by atoms with E-state index in [0.717, 1.165) is 39.7 Å². The SMILES string of the molecule is C1=CC2([Si](c3ccccc3)(c3ccccc3)c3cccc(-c4ccc5c(c4)oc4ccccc45)c3)CC2=C1c1ccccc1Nc1ccccc1. The fourth-order valence-electron chi connectivity index (χ4n) is 8.78. The zero-order chi connectivity index (χ0) is 33.8. The van der Waals surface area contributed by atoms with E-state index in [-0.39, 0.29) is 5.04 Å². The van der Waals surface area contributed by atoms with Crippen molar-refractivity contribution in [2.45, 2.75) is 11.5 Å². The third-order valence-corrected chi connectivity index (χ3v) is 16.6. The first-order valence-electron chi connectivity index (χ1n) is 17.7. The molecule has 0 bridgehead atoms. The molecule has 1 aromatic heterocycles. The Hall–Kier alpha value is -6.16. The summed E-state index contributed by atoms with van der Waals surface area (Å²) in [5.74, 6) is 0. The van der Waals surface area contributed by atoms with Crippen LogP contribution in [0.3, 0.4) is 0 Å². The lowest BCUT2D eigenvalue weighted by atomic mass is 10.0. The predicted molar refractivity (Wildman–Crippen MR) is 216 cm³/mol. The largest absolute Gasteiger partial charge is 0.456 e. The maximum Gasteiger partial charge on any atom is 0.162 e. The Morgan fingerprint density at radius 2 is 1.14 bits per heavy atom. The minimum atomic E-state index is -2.74. The Labute approximate surface area is 299 Å². The van der Waals surface area contributed by atoms with Crippen LogP contribution in [-0.4, -0.2) is 8.07 Å². The van der Waals surface area contributed by atoms with Crippen molar-refractivity contribution in [1.29, 1.82) is 0 Å². The standard InChI is InChI=1S/C48H35NOSi/c1-4-16-36(17-5-1)49-45-25-12-10-23-41(45)40-29-30-48(33-44(40)48)51(37-18-6-2-7-19-37,38-20-8-3-9-21-38)39-22-14-15-34(31-39)35-27-28-43-42-24-11-13-26-46(42)50-47(43)32-35/h1-32,49H,33H2. The molecule has 1 saturated carbocycles. The number of hydrogen-bond donors (Lipinski definition) is 1. The molecular weight excluding hydrogens is 635 g/mol. The zero-order valence-electron chi connectivity index (χ0n) is 28.1. The normalized spacial score (nSPS) is 16.5. The van der Waals surface area contributed by atoms with Gasteiger partial charge in [-0.05, 0) is 75.1 Å². The fourth-order valence-corrected chi connectivity index (χ4v) is 14.8. The first kappa shape index (κ1) is 29.7. The highest BCUT2D eigenvalue weighted by molar-refractivity contribution is 7.15. The van der Waals surface area contributed by atoms with Gasteiger partial charge in [-0.25, -0.2) is 0 Å². The number of nitrogens with one attached hydrogen (secondary N) is 1. The molecule has 242 valence electrons. The Morgan fingerprint density at radius 1 is 0.510 bits per heavy atom. The number of furan rings is 1. The lowest BCUT2D eigenvalue weighted by Gasteiger charge is -2.39. The fraction of sp³-hybridized carbons (Fsp3) is 0.0417. The van der Waals surface area contributed by atoms with Crippen LogP contribution in [0.5, 0.6) is 0 Å². The molecule has 1 atom stereocenters. The van der Waals surface area contributed by atoms with Gasteiger partial charge in [0.05, 0.1) is 0 Å². The summed E-state index contributed by atoms with van der Waals surface area (Å²) in [5.41, 5.74) is 10.6. The van der Waals surface area contributed by atoms with Gasteiger partial charge in [-0.3, -0.25) is 0 Å². The van der Waals surface area contributed by atoms with Crippen LogP contribution in [-0.2, 0) is 0 Å². The zero-order valence-corrected chi connectivity index (χ0v) is 29.1. The summed E-state index contributed by atoms with van der Waals surface area (Å²) < 4.78 is 6.34. The van der Waals surface area contributed by atoms with Crippen LogP contribution >= 0.6 is 0 Å². The average molecular weight is 670 g/mol. The van der Waals surface area contributed by atoms with Gasteiger partial charge in [0.1, 0.15) is 11.2 Å². The molecule has 0 amide bonds. The molecule has 0 saturated heterocycles. The van der Waals surface area contributed by atoms with Crippen molar-refractivity contribution in [3.05, 3.63) is 205 Å². The third-order valence-electron chi connectivity index (χ3n) is 11.1. The second-order valence-corrected chi connectivity index (χ2v) is 17.9. The number of para-hydroxylation sites is 3. The van der Waals surface area contributed by atoms with Crippen LogP contribution in [0, 0.1) is 0 Å². The topological polar surface area (TPSA) is 25.2 Å². The van der Waals surface area contributed by atoms with E-state index >= 15 is 0 Å². The van der Waals surface area contributed by atoms with E-state index in [0.29, 0.717) is 0 Å². The molecular formula is C48H35NOSi. The Balaban J connectivity index is 1.17. The van der Waals surface area contributed by atoms with Crippen LogP contribution in [0.4, 0.5) is 11.4 Å². The van der Waals surface area contributed by atoms with Gasteiger partial charge in [-0.2, -0.15) is 0 Å². The number of anilines is 2. The van der Waals surface area contributed by atoms with Gasteiger partial charge in [-0.1, -0.05) is 163 Å². The quantitative estimate of drug-likeness (QED) is 0.129. The van der Waals surface area contributed by atoms with Crippen LogP contribution in [0.1, 0.15) is 12.0 Å². The summed E-state index contributed by atoms with van der Waals surface area (Å²) in [6, 6.07) is 66.3. The van der Waals surface area contributed by atoms with Gasteiger partial charge in [0.25, 0.3) is 0 Å². The van der Waals surface area contributed by atoms with Crippen LogP contribution in [0.15, 0.2) is 204 Å². The van der Waals surface area contributed by atoms with Gasteiger partial charge in [-0.15, -0.1) is 0 Å². The molecule has 3 heteroatoms. The van der Waals surface area contributed by atoms with E-state index in [1.165, 1.54) is 37.8 Å². The van der Waals surface area contributed by atoms with Gasteiger partial charge in [0, 0.05) is 32.7 Å². The molecule has 7 aromatic carbocycles. The van der Waals surface area contributed by atoms with Gasteiger partial charge in [0.2, 0.25) is 0 Å². The van der Waals surface area contributed by atoms with E-state index in [1.807, 2.05) is 6.07 Å². The van der Waals surface area contributed by atoms with E-state index in [9.17, 15) is 0 Å². The summed E-state index contributed by atoms with van der Waals surface area (Å²) >= 11 is 0. The Kier molecular flexibility index (Phi) is 6.83. The summed E-state index contributed by atoms with van der Waals surface area (Å²) in [7, 11) is -2.74. The van der Waals surface area contributed by atoms with Crippen molar-refractivity contribution < 1.29 is 4.42 Å². The molecule has 2 nitrogen and oxygen atoms in total. The van der Waals surface area contributed by atoms with Gasteiger partial charge < -0.3 is 9.73 Å². The summed E-state index contributed by atoms with van der Waals surface area (Å²) in [5, 5.41) is 10.2. The summed E-state index contributed by atoms with van der Waals surface area (Å²) in [6.45, 7) is 0. The molecule has 8 aromatic rings. The minimum absolute atomic E-state index is 0.0911. The first-order valence-corrected chi connectivity index (χ1v) is 19.7. The Morgan fingerprint density at radius 3 is 1.90 bits per heavy atom. The molecule has 1 unspecified atom stereocenters. The Bertz CT molecular complexity index is 2600. The maximum atomic E-state index is 6.34. The number of benzene rings is 7. The molecule has 10 rings (SSSR count). The second kappa shape index (κ2) is 11.7. The molecule has 51 heavy (non-hydrogen) atoms. The molecule has 1 N–H and O–H groups in total. The molecule has 2 aliphatic carbocycles. The monoisotopic (exact) mass is 669 g/mol. The van der Waals surface area contributed by atoms with E-state index < -0.39 is 8.07 Å². The molecule has 1 heterocycles. The van der Waals surface area contributed by atoms with Crippen molar-refractivity contribution in [3.8, 4) is 11.1 Å². The van der Waals surface area contributed by atoms with Crippen molar-refractivity contribution in [3.63, 3.8) is 0 Å². The molecule has 0 aliphatic heterocycles. The van der Waals surface area contributed by atoms with Crippen LogP contribution < -0.4 is 20.9 Å². The van der Waals surface area contributed by atoms with Crippen LogP contribution in [0.2, 0.25) is 5.04 Å². The third kappa shape index (κ3) is 4.62. The highest BCUT2D eigenvalue weighted by atomic mass is 28.3. The van der Waals surface area contributed by atoms with Crippen molar-refractivity contribution in [2.24, 2.45) is 0 Å². The second-order valence-electron chi connectivity index (χ2n) is 13.8. The minimum Gasteiger partial charge on any atom is -0.456 e. The predicted octanol–water partition coefficient (Wildman–Crippen LogP) is 10.6. The lowest BCUT2D eigenvalue weighted by Crippen LogP contribution is -2.70. The van der Waals surface area contributed by atoms with E-state index in [4.69, 9.17) is 4.42 Å². The number of hydrogen-bond acceptors (Lipinski definition) is 2. The highest BCUT2D eigenvalue weighted by Crippen LogP contribution is 2.71. The van der Waals surface area contributed by atoms with E-state index in [1.54, 1.807) is 5.57 Å². The first-order chi connectivity index (χ1) is 25.2. The molecule has 0 spiro atoms. The highest BCUT2D eigenvalue weighted by Gasteiger charge is 2.67. The molecule has 0 radical (unpaired) electrons. The molecule has 2 aliphatic rings. The average Bonchev–Trinajstić information content (AvgIpc) is 3.62. The molecule has 1 fully saturated rings. The van der Waals surface area contributed by atoms with Crippen molar-refractivity contribution in [1.82, 2.24) is 0 Å². The smallest absolute Gasteiger partial charge is 0.162 e. The van der Waals surface area contributed by atoms with Crippen molar-refractivity contribution in [2.75, 3.05) is 5.32 Å². The number of fused-ring (bicyclic) bond motifs is 4. The van der Waals surface area contributed by atoms with E-state index in [2.05, 4.69) is 193 Å². The van der Waals surface area contributed by atoms with Gasteiger partial charge in [0.15, 0.2) is 8.07 Å². The summed E-state index contributed by atoms with van der Waals surface area (Å²) in [4.78, 5) is 0. The number of allylic oxidation sites excluding steroid dienone is 4. The maximum absolute atomic E-state index is 6.34. The lowest BCUT2D eigenvalue weighted by molar-refractivity contribution is 0.669. The number of rotatable bonds is 8. The van der Waals surface area contributed by atoms with Crippen LogP contribution in [0.25, 0.3) is 38.6 Å². The summed E-state index contributed by atoms with van der Waals surface area (Å²) in [6.07, 6.45) is 6.03.